The summed E-state index contributed by atoms with van der Waals surface area (Å²) in [6.07, 6.45) is -7.42. The number of aromatic nitrogens is 1. The Morgan fingerprint density at radius 3 is 2.57 bits per heavy atom. The zero-order valence-corrected chi connectivity index (χ0v) is 15.6. The molecule has 3 N–H and O–H groups in total. The summed E-state index contributed by atoms with van der Waals surface area (Å²) in [7, 11) is 0. The Labute approximate surface area is 164 Å². The molecule has 0 bridgehead atoms. The van der Waals surface area contributed by atoms with Gasteiger partial charge in [0.25, 0.3) is 12.3 Å². The smallest absolute Gasteiger partial charge is 0.397 e. The summed E-state index contributed by atoms with van der Waals surface area (Å²) in [5.74, 6) is -0.820. The normalized spacial score (nSPS) is 12.0. The lowest BCUT2D eigenvalue weighted by atomic mass is 10.1. The Morgan fingerprint density at radius 2 is 1.96 bits per heavy atom. The van der Waals surface area contributed by atoms with Gasteiger partial charge < -0.3 is 11.1 Å². The first kappa shape index (κ1) is 20.3. The average molecular weight is 436 g/mol. The Kier molecular flexibility index (Phi) is 5.20. The van der Waals surface area contributed by atoms with Gasteiger partial charge in [0.05, 0.1) is 22.0 Å². The molecule has 4 nitrogen and oxygen atoms in total. The minimum absolute atomic E-state index is 0.00594. The minimum atomic E-state index is -4.62. The zero-order chi connectivity index (χ0) is 20.8. The van der Waals surface area contributed by atoms with Crippen molar-refractivity contribution in [2.75, 3.05) is 11.1 Å². The van der Waals surface area contributed by atoms with Crippen LogP contribution in [0.5, 0.6) is 0 Å². The lowest BCUT2D eigenvalue weighted by molar-refractivity contribution is -0.137. The maximum absolute atomic E-state index is 12.9. The van der Waals surface area contributed by atoms with Crippen LogP contribution in [0.2, 0.25) is 5.02 Å². The summed E-state index contributed by atoms with van der Waals surface area (Å²) in [6.45, 7) is 1.55. The first-order valence-corrected chi connectivity index (χ1v) is 8.84. The van der Waals surface area contributed by atoms with Crippen LogP contribution in [-0.4, -0.2) is 10.9 Å². The number of carbonyl (C=O) groups is 1. The topological polar surface area (TPSA) is 68.0 Å². The van der Waals surface area contributed by atoms with Gasteiger partial charge in [-0.25, -0.2) is 13.8 Å². The first-order valence-electron chi connectivity index (χ1n) is 7.64. The number of hydrogen-bond donors (Lipinski definition) is 2. The molecule has 0 aliphatic heterocycles. The van der Waals surface area contributed by atoms with Crippen LogP contribution in [0.15, 0.2) is 24.3 Å². The van der Waals surface area contributed by atoms with E-state index in [0.29, 0.717) is 17.0 Å². The van der Waals surface area contributed by atoms with Crippen molar-refractivity contribution in [2.45, 2.75) is 19.5 Å². The van der Waals surface area contributed by atoms with E-state index in [1.54, 1.807) is 6.92 Å². The summed E-state index contributed by atoms with van der Waals surface area (Å²) in [5, 5.41) is 2.52. The van der Waals surface area contributed by atoms with Gasteiger partial charge in [0.1, 0.15) is 15.4 Å². The number of benzene rings is 1. The molecule has 0 spiro atoms. The lowest BCUT2D eigenvalue weighted by Gasteiger charge is -2.11. The molecule has 11 heteroatoms. The van der Waals surface area contributed by atoms with Crippen LogP contribution in [-0.2, 0) is 6.18 Å². The van der Waals surface area contributed by atoms with Crippen molar-refractivity contribution >= 4 is 50.4 Å². The van der Waals surface area contributed by atoms with Crippen molar-refractivity contribution < 1.29 is 26.7 Å². The van der Waals surface area contributed by atoms with Crippen LogP contribution in [0.1, 0.15) is 32.9 Å². The number of nitrogens with zero attached hydrogens (tertiary/aromatic N) is 1. The van der Waals surface area contributed by atoms with Crippen LogP contribution < -0.4 is 11.1 Å². The lowest BCUT2D eigenvalue weighted by Crippen LogP contribution is -2.13. The minimum Gasteiger partial charge on any atom is -0.397 e. The quantitative estimate of drug-likeness (QED) is 0.492. The molecule has 0 saturated heterocycles. The maximum atomic E-state index is 12.9. The van der Waals surface area contributed by atoms with Crippen molar-refractivity contribution in [3.05, 3.63) is 51.0 Å². The number of thiophene rings is 1. The van der Waals surface area contributed by atoms with Crippen LogP contribution in [0.25, 0.3) is 10.2 Å². The number of nitrogens with one attached hydrogen (secondary N) is 1. The summed E-state index contributed by atoms with van der Waals surface area (Å²) >= 11 is 6.64. The van der Waals surface area contributed by atoms with E-state index < -0.39 is 29.8 Å². The van der Waals surface area contributed by atoms with Crippen molar-refractivity contribution in [3.63, 3.8) is 0 Å². The number of hydrogen-bond acceptors (Lipinski definition) is 4. The van der Waals surface area contributed by atoms with Gasteiger partial charge in [-0.15, -0.1) is 11.3 Å². The van der Waals surface area contributed by atoms with Gasteiger partial charge in [0.15, 0.2) is 0 Å². The number of nitrogen functional groups attached to an aromatic ring is 1. The van der Waals surface area contributed by atoms with E-state index in [4.69, 9.17) is 17.3 Å². The predicted molar refractivity (Wildman–Crippen MR) is 98.1 cm³/mol. The molecule has 3 rings (SSSR count). The SMILES string of the molecule is Cc1cc(C(F)F)nc2sc(C(=O)Nc3cc(C(F)(F)F)ccc3Cl)c(N)c12. The molecule has 3 aromatic rings. The Hall–Kier alpha value is -2.46. The van der Waals surface area contributed by atoms with Gasteiger partial charge in [-0.1, -0.05) is 11.6 Å². The number of aryl methyl sites for hydroxylation is 1. The molecule has 2 aromatic heterocycles. The number of pyridine rings is 1. The molecule has 0 aliphatic rings. The second kappa shape index (κ2) is 7.17. The molecule has 0 aliphatic carbocycles. The summed E-state index contributed by atoms with van der Waals surface area (Å²) in [4.78, 5) is 16.4. The molecule has 1 amide bonds. The highest BCUT2D eigenvalue weighted by Gasteiger charge is 2.31. The molecule has 2 heterocycles. The standard InChI is InChI=1S/C17H11ClF5N3OS/c1-6-4-10(14(19)20)26-16-11(6)12(24)13(28-16)15(27)25-9-5-7(17(21,22)23)2-3-8(9)18/h2-5,14H,24H2,1H3,(H,25,27). The Balaban J connectivity index is 2.01. The fraction of sp³-hybridized carbons (Fsp3) is 0.176. The van der Waals surface area contributed by atoms with Gasteiger partial charge in [0, 0.05) is 5.39 Å². The van der Waals surface area contributed by atoms with E-state index in [-0.39, 0.29) is 26.1 Å². The third kappa shape index (κ3) is 3.74. The number of anilines is 2. The third-order valence-electron chi connectivity index (χ3n) is 3.89. The average Bonchev–Trinajstić information content (AvgIpc) is 2.93. The van der Waals surface area contributed by atoms with Gasteiger partial charge in [-0.3, -0.25) is 4.79 Å². The number of halogens is 6. The van der Waals surface area contributed by atoms with Crippen LogP contribution in [0.4, 0.5) is 33.3 Å². The van der Waals surface area contributed by atoms with Crippen LogP contribution in [0.3, 0.4) is 0 Å². The molecule has 0 unspecified atom stereocenters. The van der Waals surface area contributed by atoms with Crippen LogP contribution >= 0.6 is 22.9 Å². The highest BCUT2D eigenvalue weighted by atomic mass is 35.5. The molecule has 0 radical (unpaired) electrons. The summed E-state index contributed by atoms with van der Waals surface area (Å²) in [5.41, 5.74) is 4.68. The molecular formula is C17H11ClF5N3OS. The summed E-state index contributed by atoms with van der Waals surface area (Å²) in [6, 6.07) is 3.66. The van der Waals surface area contributed by atoms with E-state index in [0.717, 1.165) is 23.5 Å². The summed E-state index contributed by atoms with van der Waals surface area (Å²) < 4.78 is 64.5. The fourth-order valence-electron chi connectivity index (χ4n) is 2.59. The predicted octanol–water partition coefficient (Wildman–Crippen LogP) is 6.05. The number of rotatable bonds is 3. The molecule has 0 atom stereocenters. The zero-order valence-electron chi connectivity index (χ0n) is 14.0. The number of fused-ring (bicyclic) bond motifs is 1. The number of alkyl halides is 5. The van der Waals surface area contributed by atoms with E-state index >= 15 is 0 Å². The Bertz CT molecular complexity index is 1080. The second-order valence-electron chi connectivity index (χ2n) is 5.84. The molecular weight excluding hydrogens is 425 g/mol. The monoisotopic (exact) mass is 435 g/mol. The highest BCUT2D eigenvalue weighted by molar-refractivity contribution is 7.21. The van der Waals surface area contributed by atoms with Gasteiger partial charge in [-0.2, -0.15) is 13.2 Å². The number of carbonyl (C=O) groups excluding carboxylic acids is 1. The molecule has 148 valence electrons. The van der Waals surface area contributed by atoms with Crippen molar-refractivity contribution in [1.29, 1.82) is 0 Å². The van der Waals surface area contributed by atoms with Gasteiger partial charge in [-0.05, 0) is 36.8 Å². The van der Waals surface area contributed by atoms with Gasteiger partial charge >= 0.3 is 6.18 Å². The van der Waals surface area contributed by atoms with Crippen molar-refractivity contribution in [3.8, 4) is 0 Å². The van der Waals surface area contributed by atoms with Gasteiger partial charge in [0.2, 0.25) is 0 Å². The fourth-order valence-corrected chi connectivity index (χ4v) is 3.83. The number of amides is 1. The molecule has 1 aromatic carbocycles. The van der Waals surface area contributed by atoms with E-state index in [9.17, 15) is 26.7 Å². The number of nitrogens with two attached hydrogens (primary N) is 1. The molecule has 0 fully saturated rings. The van der Waals surface area contributed by atoms with E-state index in [1.165, 1.54) is 6.07 Å². The molecule has 28 heavy (non-hydrogen) atoms. The largest absolute Gasteiger partial charge is 0.416 e. The van der Waals surface area contributed by atoms with Crippen molar-refractivity contribution in [1.82, 2.24) is 4.98 Å². The van der Waals surface area contributed by atoms with Crippen LogP contribution in [0, 0.1) is 6.92 Å². The van der Waals surface area contributed by atoms with E-state index in [1.807, 2.05) is 0 Å². The highest BCUT2D eigenvalue weighted by Crippen LogP contribution is 2.38. The maximum Gasteiger partial charge on any atom is 0.416 e. The second-order valence-corrected chi connectivity index (χ2v) is 7.24. The third-order valence-corrected chi connectivity index (χ3v) is 5.32. The molecule has 0 saturated carbocycles. The Morgan fingerprint density at radius 1 is 1.29 bits per heavy atom. The van der Waals surface area contributed by atoms with Crippen molar-refractivity contribution in [2.24, 2.45) is 0 Å². The first-order chi connectivity index (χ1) is 13.0. The van der Waals surface area contributed by atoms with E-state index in [2.05, 4.69) is 10.3 Å².